The van der Waals surface area contributed by atoms with Crippen molar-refractivity contribution < 1.29 is 0 Å². The lowest BCUT2D eigenvalue weighted by Crippen LogP contribution is -2.14. The second-order valence-electron chi connectivity index (χ2n) is 4.02. The third-order valence-corrected chi connectivity index (χ3v) is 3.00. The van der Waals surface area contributed by atoms with E-state index in [2.05, 4.69) is 11.1 Å². The Balaban J connectivity index is 1.99. The zero-order chi connectivity index (χ0) is 9.80. The molecule has 1 saturated carbocycles. The molecule has 0 bridgehead atoms. The van der Waals surface area contributed by atoms with Gasteiger partial charge in [-0.3, -0.25) is 0 Å². The second-order valence-corrected chi connectivity index (χ2v) is 4.02. The van der Waals surface area contributed by atoms with Crippen molar-refractivity contribution in [1.82, 2.24) is 9.55 Å². The van der Waals surface area contributed by atoms with Crippen LogP contribution in [0.3, 0.4) is 0 Å². The van der Waals surface area contributed by atoms with Crippen molar-refractivity contribution in [1.29, 1.82) is 5.26 Å². The molecule has 2 rings (SSSR count). The number of nitrogens with zero attached hydrogens (tertiary/aromatic N) is 3. The van der Waals surface area contributed by atoms with Crippen LogP contribution in [-0.4, -0.2) is 9.55 Å². The number of hydrogen-bond donors (Lipinski definition) is 0. The summed E-state index contributed by atoms with van der Waals surface area (Å²) < 4.78 is 1.98. The Morgan fingerprint density at radius 2 is 2.21 bits per heavy atom. The average molecular weight is 189 g/mol. The van der Waals surface area contributed by atoms with Crippen LogP contribution < -0.4 is 0 Å². The van der Waals surface area contributed by atoms with Gasteiger partial charge in [0.1, 0.15) is 6.07 Å². The minimum atomic E-state index is 0.551. The monoisotopic (exact) mass is 189 g/mol. The van der Waals surface area contributed by atoms with Crippen molar-refractivity contribution in [2.75, 3.05) is 0 Å². The van der Waals surface area contributed by atoms with E-state index in [1.54, 1.807) is 6.20 Å². The molecule has 0 spiro atoms. The SMILES string of the molecule is N#Cc1nccn1CC1CCCCC1. The molecule has 1 aliphatic carbocycles. The van der Waals surface area contributed by atoms with Gasteiger partial charge in [-0.15, -0.1) is 0 Å². The van der Waals surface area contributed by atoms with Crippen LogP contribution in [0.4, 0.5) is 0 Å². The van der Waals surface area contributed by atoms with Crippen LogP contribution in [0, 0.1) is 17.2 Å². The van der Waals surface area contributed by atoms with E-state index < -0.39 is 0 Å². The molecule has 0 unspecified atom stereocenters. The third-order valence-electron chi connectivity index (χ3n) is 3.00. The first-order valence-corrected chi connectivity index (χ1v) is 5.31. The Bertz CT molecular complexity index is 329. The van der Waals surface area contributed by atoms with Gasteiger partial charge in [0.25, 0.3) is 0 Å². The molecule has 0 radical (unpaired) electrons. The molecule has 0 aliphatic heterocycles. The fraction of sp³-hybridized carbons (Fsp3) is 0.636. The molecule has 74 valence electrons. The molecule has 1 heterocycles. The standard InChI is InChI=1S/C11H15N3/c12-8-11-13-6-7-14(11)9-10-4-2-1-3-5-10/h6-7,10H,1-5,9H2. The van der Waals surface area contributed by atoms with Crippen molar-refractivity contribution in [2.24, 2.45) is 5.92 Å². The van der Waals surface area contributed by atoms with Gasteiger partial charge in [0, 0.05) is 18.9 Å². The lowest BCUT2D eigenvalue weighted by atomic mass is 9.89. The second kappa shape index (κ2) is 4.28. The van der Waals surface area contributed by atoms with E-state index in [1.165, 1.54) is 32.1 Å². The molecule has 0 atom stereocenters. The Kier molecular flexibility index (Phi) is 2.83. The van der Waals surface area contributed by atoms with E-state index in [-0.39, 0.29) is 0 Å². The van der Waals surface area contributed by atoms with Crippen LogP contribution in [0.25, 0.3) is 0 Å². The highest BCUT2D eigenvalue weighted by atomic mass is 15.1. The minimum Gasteiger partial charge on any atom is -0.322 e. The van der Waals surface area contributed by atoms with E-state index in [1.807, 2.05) is 10.8 Å². The van der Waals surface area contributed by atoms with E-state index in [0.717, 1.165) is 12.5 Å². The largest absolute Gasteiger partial charge is 0.322 e. The number of rotatable bonds is 2. The molecular formula is C11H15N3. The van der Waals surface area contributed by atoms with Gasteiger partial charge in [0.05, 0.1) is 0 Å². The predicted molar refractivity (Wildman–Crippen MR) is 53.5 cm³/mol. The molecule has 1 aliphatic rings. The summed E-state index contributed by atoms with van der Waals surface area (Å²) in [5, 5.41) is 8.80. The normalized spacial score (nSPS) is 17.9. The van der Waals surface area contributed by atoms with Crippen molar-refractivity contribution in [3.63, 3.8) is 0 Å². The Morgan fingerprint density at radius 3 is 2.93 bits per heavy atom. The van der Waals surface area contributed by atoms with E-state index >= 15 is 0 Å². The summed E-state index contributed by atoms with van der Waals surface area (Å²) in [4.78, 5) is 4.00. The Labute approximate surface area is 84.4 Å². The van der Waals surface area contributed by atoms with Crippen LogP contribution in [-0.2, 0) is 6.54 Å². The molecule has 0 saturated heterocycles. The topological polar surface area (TPSA) is 41.6 Å². The summed E-state index contributed by atoms with van der Waals surface area (Å²) in [6, 6.07) is 2.12. The lowest BCUT2D eigenvalue weighted by molar-refractivity contribution is 0.318. The fourth-order valence-electron chi connectivity index (χ4n) is 2.22. The average Bonchev–Trinajstić information content (AvgIpc) is 2.67. The van der Waals surface area contributed by atoms with Crippen molar-refractivity contribution in [3.05, 3.63) is 18.2 Å². The maximum atomic E-state index is 8.80. The molecule has 0 aromatic carbocycles. The van der Waals surface area contributed by atoms with Crippen molar-refractivity contribution in [2.45, 2.75) is 38.6 Å². The molecular weight excluding hydrogens is 174 g/mol. The number of hydrogen-bond acceptors (Lipinski definition) is 2. The number of aromatic nitrogens is 2. The number of imidazole rings is 1. The Morgan fingerprint density at radius 1 is 1.43 bits per heavy atom. The number of nitriles is 1. The van der Waals surface area contributed by atoms with E-state index in [4.69, 9.17) is 5.26 Å². The van der Waals surface area contributed by atoms with Gasteiger partial charge in [-0.2, -0.15) is 5.26 Å². The van der Waals surface area contributed by atoms with Crippen molar-refractivity contribution in [3.8, 4) is 6.07 Å². The van der Waals surface area contributed by atoms with Crippen LogP contribution in [0.2, 0.25) is 0 Å². The summed E-state index contributed by atoms with van der Waals surface area (Å²) in [5.41, 5.74) is 0. The smallest absolute Gasteiger partial charge is 0.212 e. The lowest BCUT2D eigenvalue weighted by Gasteiger charge is -2.21. The molecule has 1 aromatic heterocycles. The molecule has 1 aromatic rings. The summed E-state index contributed by atoms with van der Waals surface area (Å²) in [6.45, 7) is 0.975. The quantitative estimate of drug-likeness (QED) is 0.716. The minimum absolute atomic E-state index is 0.551. The highest BCUT2D eigenvalue weighted by molar-refractivity contribution is 5.11. The first kappa shape index (κ1) is 9.26. The van der Waals surface area contributed by atoms with Crippen LogP contribution in [0.1, 0.15) is 37.9 Å². The van der Waals surface area contributed by atoms with Gasteiger partial charge >= 0.3 is 0 Å². The summed E-state index contributed by atoms with van der Waals surface area (Å²) in [7, 11) is 0. The van der Waals surface area contributed by atoms with Crippen LogP contribution >= 0.6 is 0 Å². The maximum absolute atomic E-state index is 8.80. The molecule has 3 heteroatoms. The van der Waals surface area contributed by atoms with Gasteiger partial charge in [0.15, 0.2) is 0 Å². The highest BCUT2D eigenvalue weighted by Crippen LogP contribution is 2.25. The maximum Gasteiger partial charge on any atom is 0.212 e. The highest BCUT2D eigenvalue weighted by Gasteiger charge is 2.14. The zero-order valence-corrected chi connectivity index (χ0v) is 8.32. The van der Waals surface area contributed by atoms with Gasteiger partial charge in [-0.05, 0) is 18.8 Å². The van der Waals surface area contributed by atoms with E-state index in [9.17, 15) is 0 Å². The molecule has 3 nitrogen and oxygen atoms in total. The fourth-order valence-corrected chi connectivity index (χ4v) is 2.22. The predicted octanol–water partition coefficient (Wildman–Crippen LogP) is 2.34. The van der Waals surface area contributed by atoms with Gasteiger partial charge in [-0.1, -0.05) is 19.3 Å². The molecule has 1 fully saturated rings. The molecule has 0 amide bonds. The van der Waals surface area contributed by atoms with Gasteiger partial charge < -0.3 is 4.57 Å². The van der Waals surface area contributed by atoms with Crippen molar-refractivity contribution >= 4 is 0 Å². The summed E-state index contributed by atoms with van der Waals surface area (Å²) in [5.74, 6) is 1.31. The molecule has 0 N–H and O–H groups in total. The van der Waals surface area contributed by atoms with E-state index in [0.29, 0.717) is 5.82 Å². The van der Waals surface area contributed by atoms with Crippen LogP contribution in [0.5, 0.6) is 0 Å². The zero-order valence-electron chi connectivity index (χ0n) is 8.32. The van der Waals surface area contributed by atoms with Crippen LogP contribution in [0.15, 0.2) is 12.4 Å². The van der Waals surface area contributed by atoms with Gasteiger partial charge in [-0.25, -0.2) is 4.98 Å². The first-order valence-electron chi connectivity index (χ1n) is 5.31. The summed E-state index contributed by atoms with van der Waals surface area (Å²) in [6.07, 6.45) is 10.3. The third kappa shape index (κ3) is 1.95. The first-order chi connectivity index (χ1) is 6.90. The molecule has 14 heavy (non-hydrogen) atoms. The Hall–Kier alpha value is -1.30. The summed E-state index contributed by atoms with van der Waals surface area (Å²) >= 11 is 0. The van der Waals surface area contributed by atoms with Gasteiger partial charge in [0.2, 0.25) is 5.82 Å².